The molecule has 3 heterocycles. The average molecular weight is 301 g/mol. The summed E-state index contributed by atoms with van der Waals surface area (Å²) in [4.78, 5) is 17.0. The molecule has 116 valence electrons. The number of aliphatic carboxylic acids is 1. The first-order chi connectivity index (χ1) is 10.1. The van der Waals surface area contributed by atoms with Gasteiger partial charge in [0.1, 0.15) is 6.04 Å². The molecule has 9 heteroatoms. The maximum absolute atomic E-state index is 13.0. The van der Waals surface area contributed by atoms with E-state index in [0.717, 1.165) is 0 Å². The average Bonchev–Trinajstić information content (AvgIpc) is 2.90. The van der Waals surface area contributed by atoms with E-state index in [1.165, 1.54) is 4.68 Å². The molecule has 0 spiro atoms. The van der Waals surface area contributed by atoms with E-state index in [1.54, 1.807) is 0 Å². The molecule has 1 aromatic rings. The maximum atomic E-state index is 13.0. The van der Waals surface area contributed by atoms with Crippen molar-refractivity contribution >= 4 is 17.9 Å². The summed E-state index contributed by atoms with van der Waals surface area (Å²) in [6.45, 7) is 1.51. The fraction of sp³-hybridized carbons (Fsp3) is 0.750. The van der Waals surface area contributed by atoms with Gasteiger partial charge in [-0.05, 0) is 19.3 Å². The number of nitrogens with zero attached hydrogens (tertiary/aromatic N) is 4. The number of anilines is 2. The Morgan fingerprint density at radius 1 is 1.33 bits per heavy atom. The van der Waals surface area contributed by atoms with Crippen LogP contribution in [0.5, 0.6) is 0 Å². The molecular weight excluding hydrogens is 284 g/mol. The highest BCUT2D eigenvalue weighted by molar-refractivity contribution is 5.70. The Morgan fingerprint density at radius 3 is 2.67 bits per heavy atom. The molecule has 0 aliphatic carbocycles. The number of carbonyl (C=O) groups is 1. The van der Waals surface area contributed by atoms with Crippen molar-refractivity contribution in [1.82, 2.24) is 14.8 Å². The molecule has 2 aliphatic rings. The van der Waals surface area contributed by atoms with Crippen molar-refractivity contribution in [3.8, 4) is 0 Å². The van der Waals surface area contributed by atoms with Gasteiger partial charge < -0.3 is 15.3 Å². The number of alkyl halides is 2. The standard InChI is InChI=1S/C12H17F2N5O2/c13-9(14)8-1-4-15-11-16-12(17-19(8)11)18-5-2-7(3-6-18)10(20)21/h7-9H,1-6H2,(H,20,21)(H,15,16,17). The number of rotatable bonds is 3. The quantitative estimate of drug-likeness (QED) is 0.873. The van der Waals surface area contributed by atoms with Gasteiger partial charge in [0.05, 0.1) is 5.92 Å². The third kappa shape index (κ3) is 2.64. The molecule has 3 rings (SSSR count). The van der Waals surface area contributed by atoms with Crippen LogP contribution in [-0.2, 0) is 4.79 Å². The summed E-state index contributed by atoms with van der Waals surface area (Å²) in [6.07, 6.45) is -1.12. The topological polar surface area (TPSA) is 83.3 Å². The molecule has 0 amide bonds. The molecule has 2 aliphatic heterocycles. The lowest BCUT2D eigenvalue weighted by atomic mass is 9.97. The Labute approximate surface area is 119 Å². The summed E-state index contributed by atoms with van der Waals surface area (Å²) in [5.41, 5.74) is 0. The van der Waals surface area contributed by atoms with E-state index in [9.17, 15) is 13.6 Å². The van der Waals surface area contributed by atoms with Crippen LogP contribution in [0.1, 0.15) is 25.3 Å². The van der Waals surface area contributed by atoms with Crippen LogP contribution in [0.15, 0.2) is 0 Å². The van der Waals surface area contributed by atoms with Gasteiger partial charge >= 0.3 is 5.97 Å². The predicted molar refractivity (Wildman–Crippen MR) is 70.7 cm³/mol. The molecule has 1 unspecified atom stereocenters. The lowest BCUT2D eigenvalue weighted by molar-refractivity contribution is -0.142. The minimum absolute atomic E-state index is 0.314. The first-order valence-corrected chi connectivity index (χ1v) is 7.02. The SMILES string of the molecule is O=C(O)C1CCN(c2nc3n(n2)C(C(F)F)CCN3)CC1. The highest BCUT2D eigenvalue weighted by atomic mass is 19.3. The van der Waals surface area contributed by atoms with Gasteiger partial charge in [0.2, 0.25) is 11.9 Å². The van der Waals surface area contributed by atoms with Crippen molar-refractivity contribution in [1.29, 1.82) is 0 Å². The lowest BCUT2D eigenvalue weighted by Gasteiger charge is -2.29. The van der Waals surface area contributed by atoms with Gasteiger partial charge in [-0.2, -0.15) is 4.98 Å². The predicted octanol–water partition coefficient (Wildman–Crippen LogP) is 1.20. The molecule has 1 aromatic heterocycles. The van der Waals surface area contributed by atoms with Crippen molar-refractivity contribution in [3.05, 3.63) is 0 Å². The van der Waals surface area contributed by atoms with Crippen LogP contribution in [0.25, 0.3) is 0 Å². The smallest absolute Gasteiger partial charge is 0.306 e. The van der Waals surface area contributed by atoms with Crippen LogP contribution in [0.2, 0.25) is 0 Å². The summed E-state index contributed by atoms with van der Waals surface area (Å²) < 4.78 is 27.2. The number of nitrogens with one attached hydrogen (secondary N) is 1. The largest absolute Gasteiger partial charge is 0.481 e. The fourth-order valence-corrected chi connectivity index (χ4v) is 2.81. The zero-order valence-corrected chi connectivity index (χ0v) is 11.4. The van der Waals surface area contributed by atoms with E-state index < -0.39 is 18.4 Å². The van der Waals surface area contributed by atoms with Gasteiger partial charge in [-0.3, -0.25) is 4.79 Å². The maximum Gasteiger partial charge on any atom is 0.306 e. The molecule has 1 atom stereocenters. The molecule has 21 heavy (non-hydrogen) atoms. The number of fused-ring (bicyclic) bond motifs is 1. The molecule has 7 nitrogen and oxygen atoms in total. The number of hydrogen-bond acceptors (Lipinski definition) is 5. The van der Waals surface area contributed by atoms with Crippen molar-refractivity contribution in [2.75, 3.05) is 29.9 Å². The number of hydrogen-bond donors (Lipinski definition) is 2. The molecule has 0 radical (unpaired) electrons. The highest BCUT2D eigenvalue weighted by Crippen LogP contribution is 2.30. The molecule has 1 saturated heterocycles. The number of piperidine rings is 1. The third-order valence-corrected chi connectivity index (χ3v) is 4.08. The Hall–Kier alpha value is -1.93. The first-order valence-electron chi connectivity index (χ1n) is 7.02. The van der Waals surface area contributed by atoms with Crippen LogP contribution < -0.4 is 10.2 Å². The van der Waals surface area contributed by atoms with Gasteiger partial charge in [-0.25, -0.2) is 13.5 Å². The van der Waals surface area contributed by atoms with E-state index in [2.05, 4.69) is 15.4 Å². The zero-order valence-electron chi connectivity index (χ0n) is 11.4. The second-order valence-corrected chi connectivity index (χ2v) is 5.40. The Balaban J connectivity index is 1.75. The van der Waals surface area contributed by atoms with Gasteiger partial charge in [0, 0.05) is 19.6 Å². The van der Waals surface area contributed by atoms with Crippen molar-refractivity contribution in [2.24, 2.45) is 5.92 Å². The second kappa shape index (κ2) is 5.45. The third-order valence-electron chi connectivity index (χ3n) is 4.08. The molecule has 0 saturated carbocycles. The summed E-state index contributed by atoms with van der Waals surface area (Å²) in [7, 11) is 0. The van der Waals surface area contributed by atoms with Crippen LogP contribution in [0, 0.1) is 5.92 Å². The number of carboxylic acid groups (broad SMARTS) is 1. The summed E-state index contributed by atoms with van der Waals surface area (Å²) in [5.74, 6) is -0.368. The second-order valence-electron chi connectivity index (χ2n) is 5.40. The fourth-order valence-electron chi connectivity index (χ4n) is 2.81. The summed E-state index contributed by atoms with van der Waals surface area (Å²) >= 11 is 0. The van der Waals surface area contributed by atoms with Crippen LogP contribution in [0.3, 0.4) is 0 Å². The molecule has 0 aromatic carbocycles. The number of aromatic nitrogens is 3. The molecule has 2 N–H and O–H groups in total. The van der Waals surface area contributed by atoms with E-state index in [4.69, 9.17) is 5.11 Å². The van der Waals surface area contributed by atoms with Crippen molar-refractivity contribution in [2.45, 2.75) is 31.7 Å². The molecular formula is C12H17F2N5O2. The van der Waals surface area contributed by atoms with Gasteiger partial charge in [0.15, 0.2) is 0 Å². The van der Waals surface area contributed by atoms with Crippen molar-refractivity contribution < 1.29 is 18.7 Å². The molecule has 1 fully saturated rings. The Morgan fingerprint density at radius 2 is 2.05 bits per heavy atom. The van der Waals surface area contributed by atoms with Crippen LogP contribution in [-0.4, -0.2) is 51.9 Å². The number of carboxylic acids is 1. The zero-order chi connectivity index (χ0) is 15.0. The minimum atomic E-state index is -2.47. The van der Waals surface area contributed by atoms with E-state index in [-0.39, 0.29) is 5.92 Å². The highest BCUT2D eigenvalue weighted by Gasteiger charge is 2.32. The van der Waals surface area contributed by atoms with E-state index >= 15 is 0 Å². The first kappa shape index (κ1) is 14.0. The minimum Gasteiger partial charge on any atom is -0.481 e. The molecule has 0 bridgehead atoms. The van der Waals surface area contributed by atoms with Gasteiger partial charge in [-0.15, -0.1) is 5.10 Å². The van der Waals surface area contributed by atoms with Gasteiger partial charge in [-0.1, -0.05) is 0 Å². The van der Waals surface area contributed by atoms with Gasteiger partial charge in [0.25, 0.3) is 6.43 Å². The number of halogens is 2. The van der Waals surface area contributed by atoms with Crippen LogP contribution >= 0.6 is 0 Å². The van der Waals surface area contributed by atoms with E-state index in [0.29, 0.717) is 50.8 Å². The summed E-state index contributed by atoms with van der Waals surface area (Å²) in [5, 5.41) is 16.1. The van der Waals surface area contributed by atoms with E-state index in [1.807, 2.05) is 4.90 Å². The normalized spacial score (nSPS) is 23.0. The Kier molecular flexibility index (Phi) is 3.64. The monoisotopic (exact) mass is 301 g/mol. The van der Waals surface area contributed by atoms with Crippen LogP contribution in [0.4, 0.5) is 20.7 Å². The van der Waals surface area contributed by atoms with Crippen molar-refractivity contribution in [3.63, 3.8) is 0 Å². The lowest BCUT2D eigenvalue weighted by Crippen LogP contribution is -2.37. The summed E-state index contributed by atoms with van der Waals surface area (Å²) in [6, 6.07) is -0.945. The Bertz CT molecular complexity index is 528.